The summed E-state index contributed by atoms with van der Waals surface area (Å²) in [5, 5.41) is 2.91. The van der Waals surface area contributed by atoms with Crippen LogP contribution in [0.25, 0.3) is 0 Å². The van der Waals surface area contributed by atoms with Crippen molar-refractivity contribution in [1.29, 1.82) is 0 Å². The number of aromatic nitrogens is 1. The predicted octanol–water partition coefficient (Wildman–Crippen LogP) is 3.36. The number of hydrogen-bond donors (Lipinski definition) is 1. The summed E-state index contributed by atoms with van der Waals surface area (Å²) in [4.78, 5) is 19.8. The summed E-state index contributed by atoms with van der Waals surface area (Å²) >= 11 is 1.45. The van der Waals surface area contributed by atoms with Gasteiger partial charge in [-0.3, -0.25) is 14.7 Å². The number of carbonyl (C=O) groups is 1. The molecule has 1 atom stereocenters. The molecule has 1 aromatic carbocycles. The number of halogens is 2. The Hall–Kier alpha value is -2.26. The van der Waals surface area contributed by atoms with Crippen LogP contribution in [0.15, 0.2) is 29.9 Å². The van der Waals surface area contributed by atoms with Crippen molar-refractivity contribution >= 4 is 17.2 Å². The summed E-state index contributed by atoms with van der Waals surface area (Å²) in [5.41, 5.74) is 2.06. The van der Waals surface area contributed by atoms with Crippen molar-refractivity contribution in [2.75, 3.05) is 33.9 Å². The Bertz CT molecular complexity index is 792. The molecule has 9 heteroatoms. The molecular weight excluding hydrogens is 388 g/mol. The third-order valence-electron chi connectivity index (χ3n) is 4.85. The van der Waals surface area contributed by atoms with Crippen LogP contribution in [0.4, 0.5) is 8.78 Å². The van der Waals surface area contributed by atoms with Gasteiger partial charge >= 0.3 is 0 Å². The number of thiazole rings is 1. The molecule has 0 radical (unpaired) electrons. The molecule has 28 heavy (non-hydrogen) atoms. The van der Waals surface area contributed by atoms with E-state index in [0.717, 1.165) is 4.88 Å². The van der Waals surface area contributed by atoms with Crippen molar-refractivity contribution in [2.24, 2.45) is 0 Å². The molecule has 1 aliphatic heterocycles. The second-order valence-corrected chi connectivity index (χ2v) is 7.48. The molecule has 152 valence electrons. The van der Waals surface area contributed by atoms with Gasteiger partial charge in [0, 0.05) is 43.5 Å². The van der Waals surface area contributed by atoms with Crippen molar-refractivity contribution in [3.05, 3.63) is 40.3 Å². The number of piperidine rings is 1. The van der Waals surface area contributed by atoms with Crippen LogP contribution in [0.2, 0.25) is 0 Å². The number of amides is 1. The minimum Gasteiger partial charge on any atom is -0.493 e. The van der Waals surface area contributed by atoms with E-state index in [9.17, 15) is 13.6 Å². The maximum absolute atomic E-state index is 13.5. The number of methoxy groups -OCH3 is 2. The third-order valence-corrected chi connectivity index (χ3v) is 5.73. The zero-order valence-electron chi connectivity index (χ0n) is 15.8. The van der Waals surface area contributed by atoms with E-state index in [1.165, 1.54) is 25.6 Å². The lowest BCUT2D eigenvalue weighted by Gasteiger charge is -2.37. The maximum Gasteiger partial charge on any atom is 0.255 e. The number of benzene rings is 1. The lowest BCUT2D eigenvalue weighted by atomic mass is 10.0. The van der Waals surface area contributed by atoms with E-state index < -0.39 is 5.92 Å². The molecule has 0 aliphatic carbocycles. The number of nitrogens with one attached hydrogen (secondary N) is 1. The molecular formula is C19H23F2N3O3S. The van der Waals surface area contributed by atoms with E-state index in [2.05, 4.69) is 10.3 Å². The van der Waals surface area contributed by atoms with Gasteiger partial charge in [0.25, 0.3) is 11.8 Å². The van der Waals surface area contributed by atoms with Gasteiger partial charge in [-0.05, 0) is 12.1 Å². The quantitative estimate of drug-likeness (QED) is 0.757. The predicted molar refractivity (Wildman–Crippen MR) is 102 cm³/mol. The van der Waals surface area contributed by atoms with Crippen molar-refractivity contribution in [1.82, 2.24) is 15.2 Å². The maximum atomic E-state index is 13.5. The summed E-state index contributed by atoms with van der Waals surface area (Å²) in [7, 11) is 2.98. The molecule has 0 saturated carbocycles. The van der Waals surface area contributed by atoms with E-state index in [1.807, 2.05) is 4.90 Å². The smallest absolute Gasteiger partial charge is 0.255 e. The first-order valence-electron chi connectivity index (χ1n) is 8.94. The highest BCUT2D eigenvalue weighted by atomic mass is 32.1. The molecule has 0 bridgehead atoms. The van der Waals surface area contributed by atoms with Crippen molar-refractivity contribution < 1.29 is 23.0 Å². The first kappa shape index (κ1) is 20.5. The fraction of sp³-hybridized carbons (Fsp3) is 0.474. The highest BCUT2D eigenvalue weighted by Crippen LogP contribution is 2.34. The van der Waals surface area contributed by atoms with Gasteiger partial charge in [0.2, 0.25) is 0 Å². The van der Waals surface area contributed by atoms with Crippen LogP contribution in [-0.4, -0.2) is 55.6 Å². The summed E-state index contributed by atoms with van der Waals surface area (Å²) in [6.07, 6.45) is 1.36. The van der Waals surface area contributed by atoms with Gasteiger partial charge in [0.1, 0.15) is 0 Å². The van der Waals surface area contributed by atoms with Crippen LogP contribution in [0.5, 0.6) is 11.5 Å². The Kier molecular flexibility index (Phi) is 6.46. The number of rotatable bonds is 7. The topological polar surface area (TPSA) is 63.7 Å². The highest BCUT2D eigenvalue weighted by molar-refractivity contribution is 7.09. The van der Waals surface area contributed by atoms with E-state index in [1.54, 1.807) is 29.9 Å². The summed E-state index contributed by atoms with van der Waals surface area (Å²) < 4.78 is 37.6. The van der Waals surface area contributed by atoms with Gasteiger partial charge in [-0.15, -0.1) is 11.3 Å². The molecule has 1 saturated heterocycles. The molecule has 2 aromatic rings. The molecule has 1 unspecified atom stereocenters. The van der Waals surface area contributed by atoms with Gasteiger partial charge in [-0.2, -0.15) is 0 Å². The van der Waals surface area contributed by atoms with Gasteiger partial charge in [0.05, 0.1) is 31.3 Å². The van der Waals surface area contributed by atoms with Gasteiger partial charge in [-0.25, -0.2) is 8.78 Å². The van der Waals surface area contributed by atoms with Gasteiger partial charge in [0.15, 0.2) is 11.5 Å². The molecule has 1 amide bonds. The number of nitrogens with zero attached hydrogens (tertiary/aromatic N) is 2. The summed E-state index contributed by atoms with van der Waals surface area (Å²) in [6, 6.07) is 4.87. The molecule has 2 heterocycles. The zero-order chi connectivity index (χ0) is 20.1. The lowest BCUT2D eigenvalue weighted by Crippen LogP contribution is -2.44. The first-order chi connectivity index (χ1) is 13.4. The number of alkyl halides is 2. The van der Waals surface area contributed by atoms with Crippen molar-refractivity contribution in [3.63, 3.8) is 0 Å². The minimum atomic E-state index is -2.62. The Labute approximate surface area is 166 Å². The minimum absolute atomic E-state index is 0.181. The van der Waals surface area contributed by atoms with Gasteiger partial charge in [-0.1, -0.05) is 6.07 Å². The molecule has 1 fully saturated rings. The molecule has 3 rings (SSSR count). The van der Waals surface area contributed by atoms with Crippen molar-refractivity contribution in [3.8, 4) is 11.5 Å². The normalized spacial score (nSPS) is 17.7. The van der Waals surface area contributed by atoms with Crippen LogP contribution < -0.4 is 14.8 Å². The second-order valence-electron chi connectivity index (χ2n) is 6.56. The standard InChI is InChI=1S/C19H23F2N3O3S/c1-26-15-5-3-4-13(17(15)27-2)18(25)23-10-14(16-11-22-12-28-16)24-8-6-19(20,21)7-9-24/h3-5,11-12,14H,6-10H2,1-2H3,(H,23,25). The highest BCUT2D eigenvalue weighted by Gasteiger charge is 2.37. The Balaban J connectivity index is 1.73. The van der Waals surface area contributed by atoms with Crippen molar-refractivity contribution in [2.45, 2.75) is 24.8 Å². The SMILES string of the molecule is COc1cccc(C(=O)NCC(c2cncs2)N2CCC(F)(F)CC2)c1OC. The Morgan fingerprint density at radius 2 is 2.07 bits per heavy atom. The molecule has 1 aliphatic rings. The van der Waals surface area contributed by atoms with Crippen LogP contribution in [0, 0.1) is 0 Å². The fourth-order valence-electron chi connectivity index (χ4n) is 3.31. The average Bonchev–Trinajstić information content (AvgIpc) is 3.22. The third kappa shape index (κ3) is 4.59. The summed E-state index contributed by atoms with van der Waals surface area (Å²) in [5.74, 6) is -2.11. The van der Waals surface area contributed by atoms with E-state index in [4.69, 9.17) is 9.47 Å². The van der Waals surface area contributed by atoms with Gasteiger partial charge < -0.3 is 14.8 Å². The monoisotopic (exact) mass is 411 g/mol. The van der Waals surface area contributed by atoms with E-state index in [-0.39, 0.29) is 44.4 Å². The number of likely N-dealkylation sites (tertiary alicyclic amines) is 1. The Morgan fingerprint density at radius 3 is 2.68 bits per heavy atom. The second kappa shape index (κ2) is 8.83. The number of carbonyl (C=O) groups excluding carboxylic acids is 1. The number of para-hydroxylation sites is 1. The molecule has 1 aromatic heterocycles. The van der Waals surface area contributed by atoms with E-state index >= 15 is 0 Å². The van der Waals surface area contributed by atoms with E-state index in [0.29, 0.717) is 17.1 Å². The first-order valence-corrected chi connectivity index (χ1v) is 9.82. The molecule has 6 nitrogen and oxygen atoms in total. The lowest BCUT2D eigenvalue weighted by molar-refractivity contribution is -0.0629. The van der Waals surface area contributed by atoms with Crippen LogP contribution in [0.1, 0.15) is 34.1 Å². The Morgan fingerprint density at radius 1 is 1.32 bits per heavy atom. The zero-order valence-corrected chi connectivity index (χ0v) is 16.6. The fourth-order valence-corrected chi connectivity index (χ4v) is 4.07. The molecule has 1 N–H and O–H groups in total. The largest absolute Gasteiger partial charge is 0.493 e. The van der Waals surface area contributed by atoms with Crippen LogP contribution in [0.3, 0.4) is 0 Å². The molecule has 0 spiro atoms. The summed E-state index contributed by atoms with van der Waals surface area (Å²) in [6.45, 7) is 0.828. The average molecular weight is 411 g/mol. The van der Waals surface area contributed by atoms with Crippen LogP contribution in [-0.2, 0) is 0 Å². The number of ether oxygens (including phenoxy) is 2. The van der Waals surface area contributed by atoms with Crippen LogP contribution >= 0.6 is 11.3 Å². The number of hydrogen-bond acceptors (Lipinski definition) is 6.